The molecule has 1 heterocycles. The third-order valence-electron chi connectivity index (χ3n) is 6.74. The van der Waals surface area contributed by atoms with Gasteiger partial charge in [0.15, 0.2) is 5.76 Å². The van der Waals surface area contributed by atoms with Gasteiger partial charge < -0.3 is 30.2 Å². The summed E-state index contributed by atoms with van der Waals surface area (Å²) in [5, 5.41) is 8.75. The zero-order chi connectivity index (χ0) is 34.7. The Labute approximate surface area is 284 Å². The Kier molecular flexibility index (Phi) is 18.9. The van der Waals surface area contributed by atoms with Crippen molar-refractivity contribution in [3.05, 3.63) is 71.2 Å². The zero-order valence-electron chi connectivity index (χ0n) is 27.9. The van der Waals surface area contributed by atoms with Crippen LogP contribution in [0.2, 0.25) is 0 Å². The van der Waals surface area contributed by atoms with Crippen LogP contribution in [0.15, 0.2) is 71.2 Å². The minimum Gasteiger partial charge on any atom is -0.490 e. The van der Waals surface area contributed by atoms with Gasteiger partial charge in [-0.15, -0.1) is 0 Å². The Morgan fingerprint density at radius 2 is 1.87 bits per heavy atom. The van der Waals surface area contributed by atoms with E-state index in [1.165, 1.54) is 19.4 Å². The number of carbonyl (C=O) groups excluding carboxylic acids is 4. The number of hydrogen-bond acceptors (Lipinski definition) is 8. The minimum atomic E-state index is -0.821. The second-order valence-electron chi connectivity index (χ2n) is 12.0. The van der Waals surface area contributed by atoms with Gasteiger partial charge in [0.05, 0.1) is 7.11 Å². The quantitative estimate of drug-likeness (QED) is 0.0486. The number of allylic oxidation sites excluding steroid dienone is 5. The molecule has 0 fully saturated rings. The summed E-state index contributed by atoms with van der Waals surface area (Å²) in [5.74, 6) is -0.423. The van der Waals surface area contributed by atoms with Crippen LogP contribution in [0.25, 0.3) is 0 Å². The van der Waals surface area contributed by atoms with Gasteiger partial charge in [-0.2, -0.15) is 12.6 Å². The number of esters is 1. The van der Waals surface area contributed by atoms with Crippen molar-refractivity contribution in [3.63, 3.8) is 0 Å². The standard InChI is InChI=1S/C34H50ClN3O7S/c1-23(22-24(2)27-17-18-28(43-7)32(41)45-27)12-8-9-14-29(39)38-30(34(4,5)6)31(40)36-19-10-13-26(16-15-25(3)35)44-33(42)37-20-11-21-46/h8-10,12,14-15,18-19,22,24,26-27,30,46H,11,13,16-17,20-21H2,1-7H3,(H,36,40)(H,37,42)(H,38,39)/b12-8-,14-9-,19-10-,23-22+,25-15+/t24-,26+,27-,30+/m0/s1. The fourth-order valence-corrected chi connectivity index (χ4v) is 4.47. The molecule has 10 nitrogen and oxygen atoms in total. The van der Waals surface area contributed by atoms with Crippen LogP contribution in [0.1, 0.15) is 67.2 Å². The summed E-state index contributed by atoms with van der Waals surface area (Å²) in [6.07, 6.45) is 15.9. The monoisotopic (exact) mass is 679 g/mol. The predicted molar refractivity (Wildman–Crippen MR) is 185 cm³/mol. The van der Waals surface area contributed by atoms with E-state index in [2.05, 4.69) is 28.6 Å². The van der Waals surface area contributed by atoms with Gasteiger partial charge in [0.2, 0.25) is 11.8 Å². The molecule has 0 aliphatic carbocycles. The highest BCUT2D eigenvalue weighted by Crippen LogP contribution is 2.23. The Morgan fingerprint density at radius 1 is 1.17 bits per heavy atom. The van der Waals surface area contributed by atoms with Crippen molar-refractivity contribution in [2.24, 2.45) is 11.3 Å². The molecule has 0 spiro atoms. The van der Waals surface area contributed by atoms with Crippen LogP contribution >= 0.6 is 24.2 Å². The highest BCUT2D eigenvalue weighted by molar-refractivity contribution is 7.80. The fourth-order valence-electron chi connectivity index (χ4n) is 4.23. The van der Waals surface area contributed by atoms with Gasteiger partial charge in [0.1, 0.15) is 18.2 Å². The number of amides is 3. The number of methoxy groups -OCH3 is 1. The maximum absolute atomic E-state index is 13.0. The van der Waals surface area contributed by atoms with Gasteiger partial charge in [0, 0.05) is 42.8 Å². The van der Waals surface area contributed by atoms with Crippen molar-refractivity contribution >= 4 is 48.1 Å². The van der Waals surface area contributed by atoms with Crippen LogP contribution in [0.4, 0.5) is 4.79 Å². The summed E-state index contributed by atoms with van der Waals surface area (Å²) >= 11 is 10.1. The molecule has 3 amide bonds. The molecular formula is C34H50ClN3O7S. The largest absolute Gasteiger partial charge is 0.490 e. The van der Waals surface area contributed by atoms with Gasteiger partial charge in [0.25, 0.3) is 0 Å². The number of carbonyl (C=O) groups is 4. The average Bonchev–Trinajstić information content (AvgIpc) is 2.98. The smallest absolute Gasteiger partial charge is 0.407 e. The molecule has 4 atom stereocenters. The van der Waals surface area contributed by atoms with Crippen LogP contribution in [0.3, 0.4) is 0 Å². The van der Waals surface area contributed by atoms with E-state index in [0.29, 0.717) is 36.6 Å². The van der Waals surface area contributed by atoms with E-state index in [0.717, 1.165) is 12.0 Å². The summed E-state index contributed by atoms with van der Waals surface area (Å²) < 4.78 is 15.9. The van der Waals surface area contributed by atoms with Crippen molar-refractivity contribution in [3.8, 4) is 0 Å². The molecular weight excluding hydrogens is 630 g/mol. The average molecular weight is 680 g/mol. The number of nitrogens with one attached hydrogen (secondary N) is 3. The highest BCUT2D eigenvalue weighted by atomic mass is 35.5. The van der Waals surface area contributed by atoms with Crippen molar-refractivity contribution in [2.45, 2.75) is 85.5 Å². The molecule has 0 aromatic carbocycles. The van der Waals surface area contributed by atoms with Gasteiger partial charge in [-0.1, -0.05) is 81.3 Å². The number of cyclic esters (lactones) is 1. The normalized spacial score (nSPS) is 18.2. The van der Waals surface area contributed by atoms with Crippen LogP contribution in [0.5, 0.6) is 0 Å². The number of hydrogen-bond donors (Lipinski definition) is 4. The number of thiol groups is 1. The van der Waals surface area contributed by atoms with E-state index in [1.807, 2.05) is 46.8 Å². The summed E-state index contributed by atoms with van der Waals surface area (Å²) in [4.78, 5) is 49.7. The number of ether oxygens (including phenoxy) is 3. The van der Waals surface area contributed by atoms with Crippen molar-refractivity contribution in [1.82, 2.24) is 16.0 Å². The SMILES string of the molecule is COC1=CC[C@@H]([C@@H](C)/C=C(C)/C=C\C=C/C(=O)N[C@H](C(=O)N/C=C\C[C@H](C/C=C(\C)Cl)OC(=O)NCCCS)C(C)(C)C)OC1=O. The first-order valence-electron chi connectivity index (χ1n) is 15.3. The lowest BCUT2D eigenvalue weighted by molar-refractivity contribution is -0.151. The lowest BCUT2D eigenvalue weighted by Crippen LogP contribution is -2.52. The molecule has 1 aliphatic heterocycles. The molecule has 0 saturated heterocycles. The molecule has 1 aliphatic rings. The van der Waals surface area contributed by atoms with E-state index >= 15 is 0 Å². The molecule has 1 rings (SSSR count). The molecule has 256 valence electrons. The van der Waals surface area contributed by atoms with Crippen LogP contribution in [-0.4, -0.2) is 61.5 Å². The van der Waals surface area contributed by atoms with Crippen molar-refractivity contribution in [2.75, 3.05) is 19.4 Å². The van der Waals surface area contributed by atoms with Gasteiger partial charge in [-0.05, 0) is 43.7 Å². The van der Waals surface area contributed by atoms with Crippen molar-refractivity contribution < 1.29 is 33.4 Å². The van der Waals surface area contributed by atoms with E-state index < -0.39 is 35.5 Å². The zero-order valence-corrected chi connectivity index (χ0v) is 29.6. The second kappa shape index (κ2) is 21.4. The minimum absolute atomic E-state index is 0.0201. The van der Waals surface area contributed by atoms with E-state index in [4.69, 9.17) is 25.8 Å². The maximum Gasteiger partial charge on any atom is 0.407 e. The lowest BCUT2D eigenvalue weighted by Gasteiger charge is -2.29. The molecule has 0 aromatic rings. The van der Waals surface area contributed by atoms with Crippen molar-refractivity contribution in [1.29, 1.82) is 0 Å². The van der Waals surface area contributed by atoms with Gasteiger partial charge in [-0.25, -0.2) is 9.59 Å². The van der Waals surface area contributed by atoms with E-state index in [1.54, 1.807) is 37.3 Å². The molecule has 0 bridgehead atoms. The highest BCUT2D eigenvalue weighted by Gasteiger charge is 2.32. The van der Waals surface area contributed by atoms with Crippen LogP contribution < -0.4 is 16.0 Å². The fraction of sp³-hybridized carbons (Fsp3) is 0.529. The van der Waals surface area contributed by atoms with E-state index in [9.17, 15) is 19.2 Å². The first-order chi connectivity index (χ1) is 21.7. The number of halogens is 1. The predicted octanol–water partition coefficient (Wildman–Crippen LogP) is 6.03. The van der Waals surface area contributed by atoms with E-state index in [-0.39, 0.29) is 23.7 Å². The van der Waals surface area contributed by atoms with Gasteiger partial charge in [-0.3, -0.25) is 9.59 Å². The first kappa shape index (κ1) is 40.6. The summed E-state index contributed by atoms with van der Waals surface area (Å²) in [5.41, 5.74) is 0.359. The molecule has 0 unspecified atom stereocenters. The topological polar surface area (TPSA) is 132 Å². The molecule has 12 heteroatoms. The third-order valence-corrected chi connectivity index (χ3v) is 7.21. The number of alkyl carbamates (subject to hydrolysis) is 1. The lowest BCUT2D eigenvalue weighted by atomic mass is 9.86. The Morgan fingerprint density at radius 3 is 2.48 bits per heavy atom. The van der Waals surface area contributed by atoms with Gasteiger partial charge >= 0.3 is 12.1 Å². The molecule has 0 radical (unpaired) electrons. The summed E-state index contributed by atoms with van der Waals surface area (Å²) in [6, 6.07) is -0.821. The first-order valence-corrected chi connectivity index (χ1v) is 16.3. The summed E-state index contributed by atoms with van der Waals surface area (Å²) in [6.45, 7) is 11.6. The second-order valence-corrected chi connectivity index (χ2v) is 13.0. The molecule has 0 aromatic heterocycles. The molecule has 0 saturated carbocycles. The maximum atomic E-state index is 13.0. The Bertz CT molecular complexity index is 1210. The molecule has 3 N–H and O–H groups in total. The molecule has 46 heavy (non-hydrogen) atoms. The third kappa shape index (κ3) is 16.7. The van der Waals surface area contributed by atoms with Crippen LogP contribution in [-0.2, 0) is 28.6 Å². The number of rotatable bonds is 17. The summed E-state index contributed by atoms with van der Waals surface area (Å²) in [7, 11) is 1.44. The van der Waals surface area contributed by atoms with Crippen LogP contribution in [0, 0.1) is 11.3 Å². The Balaban J connectivity index is 2.72. The Hall–Kier alpha value is -3.44.